The first kappa shape index (κ1) is 15.8. The maximum Gasteiger partial charge on any atom is 0.231 e. The number of hydrogen-bond acceptors (Lipinski definition) is 3. The summed E-state index contributed by atoms with van der Waals surface area (Å²) in [7, 11) is 0. The maximum absolute atomic E-state index is 12.4. The molecule has 118 valence electrons. The summed E-state index contributed by atoms with van der Waals surface area (Å²) in [4.78, 5) is 25.2. The summed E-state index contributed by atoms with van der Waals surface area (Å²) in [6.07, 6.45) is 0. The predicted octanol–water partition coefficient (Wildman–Crippen LogP) is 4.33. The SMILES string of the molecule is Cc1ccc(SCC(=O)c2ccc3c(c2)[C@@H](C)C(=O)N3)cc1C. The van der Waals surface area contributed by atoms with Crippen LogP contribution in [0.1, 0.15) is 39.9 Å². The zero-order valence-electron chi connectivity index (χ0n) is 13.5. The Hall–Kier alpha value is -2.07. The van der Waals surface area contributed by atoms with Gasteiger partial charge in [-0.2, -0.15) is 0 Å². The number of Topliss-reactive ketones (excluding diaryl/α,β-unsaturated/α-hetero) is 1. The monoisotopic (exact) mass is 325 g/mol. The number of fused-ring (bicyclic) bond motifs is 1. The molecule has 0 unspecified atom stereocenters. The zero-order valence-corrected chi connectivity index (χ0v) is 14.3. The molecule has 1 aliphatic rings. The van der Waals surface area contributed by atoms with Gasteiger partial charge >= 0.3 is 0 Å². The van der Waals surface area contributed by atoms with Crippen molar-refractivity contribution in [2.24, 2.45) is 0 Å². The van der Waals surface area contributed by atoms with Gasteiger partial charge in [0.1, 0.15) is 0 Å². The standard InChI is InChI=1S/C19H19NO2S/c1-11-4-6-15(8-12(11)2)23-10-18(21)14-5-7-17-16(9-14)13(3)19(22)20-17/h4-9,13H,10H2,1-3H3,(H,20,22)/t13-/m1/s1. The molecule has 0 fully saturated rings. The number of amides is 1. The van der Waals surface area contributed by atoms with Gasteiger partial charge in [0, 0.05) is 16.1 Å². The fraction of sp³-hybridized carbons (Fsp3) is 0.263. The molecule has 0 bridgehead atoms. The summed E-state index contributed by atoms with van der Waals surface area (Å²) in [6, 6.07) is 11.7. The van der Waals surface area contributed by atoms with E-state index in [-0.39, 0.29) is 17.6 Å². The predicted molar refractivity (Wildman–Crippen MR) is 94.5 cm³/mol. The van der Waals surface area contributed by atoms with Crippen LogP contribution in [-0.2, 0) is 4.79 Å². The smallest absolute Gasteiger partial charge is 0.231 e. The van der Waals surface area contributed by atoms with Crippen molar-refractivity contribution in [3.63, 3.8) is 0 Å². The number of anilines is 1. The van der Waals surface area contributed by atoms with Crippen LogP contribution in [0, 0.1) is 13.8 Å². The van der Waals surface area contributed by atoms with Crippen LogP contribution < -0.4 is 5.32 Å². The van der Waals surface area contributed by atoms with Gasteiger partial charge in [-0.05, 0) is 67.8 Å². The second-order valence-electron chi connectivity index (χ2n) is 5.97. The van der Waals surface area contributed by atoms with Crippen molar-refractivity contribution in [1.29, 1.82) is 0 Å². The Kier molecular flexibility index (Phi) is 4.26. The first-order valence-corrected chi connectivity index (χ1v) is 8.62. The average molecular weight is 325 g/mol. The second-order valence-corrected chi connectivity index (χ2v) is 7.02. The second kappa shape index (κ2) is 6.20. The highest BCUT2D eigenvalue weighted by atomic mass is 32.2. The van der Waals surface area contributed by atoms with Crippen LogP contribution in [-0.4, -0.2) is 17.4 Å². The molecule has 2 aromatic carbocycles. The molecule has 1 atom stereocenters. The number of carbonyl (C=O) groups excluding carboxylic acids is 2. The third-order valence-electron chi connectivity index (χ3n) is 4.34. The third-order valence-corrected chi connectivity index (χ3v) is 5.33. The van der Waals surface area contributed by atoms with E-state index in [1.807, 2.05) is 25.1 Å². The third kappa shape index (κ3) is 3.17. The number of ketones is 1. The molecule has 1 aliphatic heterocycles. The molecule has 0 aromatic heterocycles. The molecule has 1 N–H and O–H groups in total. The van der Waals surface area contributed by atoms with E-state index in [1.54, 1.807) is 17.8 Å². The Morgan fingerprint density at radius 1 is 1.13 bits per heavy atom. The highest BCUT2D eigenvalue weighted by molar-refractivity contribution is 8.00. The normalized spacial score (nSPS) is 16.1. The Morgan fingerprint density at radius 2 is 1.91 bits per heavy atom. The fourth-order valence-electron chi connectivity index (χ4n) is 2.63. The molecule has 0 saturated heterocycles. The lowest BCUT2D eigenvalue weighted by Gasteiger charge is -2.07. The molecular formula is C19H19NO2S. The van der Waals surface area contributed by atoms with Crippen molar-refractivity contribution in [2.45, 2.75) is 31.6 Å². The van der Waals surface area contributed by atoms with E-state index in [0.29, 0.717) is 11.3 Å². The Labute approximate surface area is 140 Å². The number of nitrogens with one attached hydrogen (secondary N) is 1. The highest BCUT2D eigenvalue weighted by Crippen LogP contribution is 2.33. The van der Waals surface area contributed by atoms with Gasteiger partial charge in [0.05, 0.1) is 11.7 Å². The molecule has 0 saturated carbocycles. The van der Waals surface area contributed by atoms with Crippen LogP contribution in [0.25, 0.3) is 0 Å². The molecule has 1 amide bonds. The van der Waals surface area contributed by atoms with Crippen molar-refractivity contribution in [3.8, 4) is 0 Å². The van der Waals surface area contributed by atoms with Gasteiger partial charge in [-0.1, -0.05) is 6.07 Å². The van der Waals surface area contributed by atoms with Crippen LogP contribution in [0.5, 0.6) is 0 Å². The van der Waals surface area contributed by atoms with Crippen molar-refractivity contribution < 1.29 is 9.59 Å². The van der Waals surface area contributed by atoms with E-state index in [0.717, 1.165) is 16.1 Å². The van der Waals surface area contributed by atoms with E-state index in [9.17, 15) is 9.59 Å². The van der Waals surface area contributed by atoms with Crippen molar-refractivity contribution >= 4 is 29.1 Å². The van der Waals surface area contributed by atoms with Gasteiger partial charge in [0.15, 0.2) is 5.78 Å². The van der Waals surface area contributed by atoms with Crippen LogP contribution in [0.4, 0.5) is 5.69 Å². The quantitative estimate of drug-likeness (QED) is 0.672. The number of carbonyl (C=O) groups is 2. The fourth-order valence-corrected chi connectivity index (χ4v) is 3.52. The number of thioether (sulfide) groups is 1. The summed E-state index contributed by atoms with van der Waals surface area (Å²) in [6.45, 7) is 6.02. The molecule has 0 aliphatic carbocycles. The highest BCUT2D eigenvalue weighted by Gasteiger charge is 2.27. The lowest BCUT2D eigenvalue weighted by Crippen LogP contribution is -2.08. The van der Waals surface area contributed by atoms with Gasteiger partial charge < -0.3 is 5.32 Å². The largest absolute Gasteiger partial charge is 0.325 e. The summed E-state index contributed by atoms with van der Waals surface area (Å²) in [5.74, 6) is 0.290. The van der Waals surface area contributed by atoms with Crippen LogP contribution >= 0.6 is 11.8 Å². The van der Waals surface area contributed by atoms with Crippen molar-refractivity contribution in [1.82, 2.24) is 0 Å². The van der Waals surface area contributed by atoms with Crippen molar-refractivity contribution in [3.05, 3.63) is 58.7 Å². The minimum absolute atomic E-state index is 0.00546. The maximum atomic E-state index is 12.4. The molecule has 3 rings (SSSR count). The van der Waals surface area contributed by atoms with Crippen LogP contribution in [0.3, 0.4) is 0 Å². The minimum atomic E-state index is -0.190. The zero-order chi connectivity index (χ0) is 16.6. The molecular weight excluding hydrogens is 306 g/mol. The van der Waals surface area contributed by atoms with Crippen molar-refractivity contribution in [2.75, 3.05) is 11.1 Å². The van der Waals surface area contributed by atoms with Crippen LogP contribution in [0.2, 0.25) is 0 Å². The number of benzene rings is 2. The molecule has 3 nitrogen and oxygen atoms in total. The number of aryl methyl sites for hydroxylation is 2. The van der Waals surface area contributed by atoms with Gasteiger partial charge in [0.2, 0.25) is 5.91 Å². The molecule has 0 spiro atoms. The average Bonchev–Trinajstić information content (AvgIpc) is 2.82. The van der Waals surface area contributed by atoms with E-state index >= 15 is 0 Å². The summed E-state index contributed by atoms with van der Waals surface area (Å²) in [5, 5.41) is 2.83. The first-order chi connectivity index (χ1) is 11.0. The number of rotatable bonds is 4. The van der Waals surface area contributed by atoms with Gasteiger partial charge in [-0.25, -0.2) is 0 Å². The molecule has 0 radical (unpaired) electrons. The van der Waals surface area contributed by atoms with E-state index in [2.05, 4.69) is 31.3 Å². The first-order valence-electron chi connectivity index (χ1n) is 7.64. The lowest BCUT2D eigenvalue weighted by atomic mass is 9.99. The molecule has 2 aromatic rings. The van der Waals surface area contributed by atoms with Gasteiger partial charge in [-0.15, -0.1) is 11.8 Å². The van der Waals surface area contributed by atoms with E-state index < -0.39 is 0 Å². The minimum Gasteiger partial charge on any atom is -0.325 e. The topological polar surface area (TPSA) is 46.2 Å². The Balaban J connectivity index is 1.72. The lowest BCUT2D eigenvalue weighted by molar-refractivity contribution is -0.116. The van der Waals surface area contributed by atoms with Gasteiger partial charge in [0.25, 0.3) is 0 Å². The van der Waals surface area contributed by atoms with E-state index in [4.69, 9.17) is 0 Å². The summed E-state index contributed by atoms with van der Waals surface area (Å²) >= 11 is 1.55. The molecule has 1 heterocycles. The Morgan fingerprint density at radius 3 is 2.65 bits per heavy atom. The Bertz CT molecular complexity index is 798. The molecule has 23 heavy (non-hydrogen) atoms. The number of hydrogen-bond donors (Lipinski definition) is 1. The van der Waals surface area contributed by atoms with Crippen LogP contribution in [0.15, 0.2) is 41.3 Å². The van der Waals surface area contributed by atoms with Gasteiger partial charge in [-0.3, -0.25) is 9.59 Å². The summed E-state index contributed by atoms with van der Waals surface area (Å²) in [5.41, 5.74) is 4.89. The van der Waals surface area contributed by atoms with E-state index in [1.165, 1.54) is 11.1 Å². The summed E-state index contributed by atoms with van der Waals surface area (Å²) < 4.78 is 0. The molecule has 4 heteroatoms.